The highest BCUT2D eigenvalue weighted by atomic mass is 35.5. The monoisotopic (exact) mass is 355 g/mol. The lowest BCUT2D eigenvalue weighted by Crippen LogP contribution is -2.04. The van der Waals surface area contributed by atoms with E-state index in [1.165, 1.54) is 30.6 Å². The summed E-state index contributed by atoms with van der Waals surface area (Å²) in [6.07, 6.45) is -0.981. The third-order valence-corrected chi connectivity index (χ3v) is 2.72. The number of ether oxygens (including phenoxy) is 2. The average Bonchev–Trinajstić information content (AvgIpc) is 2.53. The van der Waals surface area contributed by atoms with Crippen molar-refractivity contribution < 1.29 is 22.6 Å². The minimum atomic E-state index is -4.44. The molecule has 0 spiro atoms. The molecule has 0 atom stereocenters. The fourth-order valence-electron chi connectivity index (χ4n) is 1.60. The highest BCUT2D eigenvalue weighted by molar-refractivity contribution is 6.30. The molecule has 0 N–H and O–H groups in total. The molecule has 0 aliphatic heterocycles. The zero-order valence-corrected chi connectivity index (χ0v) is 12.7. The molecule has 2 rings (SSSR count). The Balaban J connectivity index is 2.20. The van der Waals surface area contributed by atoms with Gasteiger partial charge in [0.15, 0.2) is 11.5 Å². The second-order valence-corrected chi connectivity index (χ2v) is 4.72. The van der Waals surface area contributed by atoms with Gasteiger partial charge < -0.3 is 9.47 Å². The molecule has 1 aromatic heterocycles. The maximum Gasteiger partial charge on any atom is 0.409 e. The summed E-state index contributed by atoms with van der Waals surface area (Å²) in [6, 6.07) is 6.27. The first-order chi connectivity index (χ1) is 11.4. The van der Waals surface area contributed by atoms with Crippen LogP contribution in [0.15, 0.2) is 42.7 Å². The molecular formula is C15H9ClF3N3O2. The molecule has 1 aromatic carbocycles. The van der Waals surface area contributed by atoms with E-state index in [4.69, 9.17) is 26.3 Å². The minimum Gasteiger partial charge on any atom is -0.484 e. The van der Waals surface area contributed by atoms with Gasteiger partial charge in [0.2, 0.25) is 0 Å². The van der Waals surface area contributed by atoms with E-state index in [1.54, 1.807) is 0 Å². The zero-order valence-electron chi connectivity index (χ0n) is 11.9. The molecule has 0 bridgehead atoms. The molecule has 5 nitrogen and oxygen atoms in total. The van der Waals surface area contributed by atoms with Crippen molar-refractivity contribution >= 4 is 11.6 Å². The van der Waals surface area contributed by atoms with Crippen LogP contribution >= 0.6 is 11.6 Å². The van der Waals surface area contributed by atoms with Crippen molar-refractivity contribution in [1.82, 2.24) is 9.97 Å². The van der Waals surface area contributed by atoms with Gasteiger partial charge in [0.1, 0.15) is 12.7 Å². The molecule has 24 heavy (non-hydrogen) atoms. The van der Waals surface area contributed by atoms with Crippen LogP contribution in [0.4, 0.5) is 13.2 Å². The van der Waals surface area contributed by atoms with Gasteiger partial charge in [-0.15, -0.1) is 0 Å². The van der Waals surface area contributed by atoms with Gasteiger partial charge >= 0.3 is 12.2 Å². The molecule has 0 saturated carbocycles. The number of hydrogen-bond donors (Lipinski definition) is 0. The molecule has 1 heterocycles. The Hall–Kier alpha value is -2.79. The van der Waals surface area contributed by atoms with Crippen LogP contribution in [0.2, 0.25) is 5.02 Å². The quantitative estimate of drug-likeness (QED) is 0.748. The third-order valence-electron chi connectivity index (χ3n) is 2.53. The highest BCUT2D eigenvalue weighted by Crippen LogP contribution is 2.33. The van der Waals surface area contributed by atoms with E-state index >= 15 is 0 Å². The van der Waals surface area contributed by atoms with Crippen LogP contribution in [0, 0.1) is 11.3 Å². The lowest BCUT2D eigenvalue weighted by molar-refractivity contribution is -0.0801. The summed E-state index contributed by atoms with van der Waals surface area (Å²) in [4.78, 5) is 7.66. The molecule has 0 fully saturated rings. The van der Waals surface area contributed by atoms with E-state index < -0.39 is 12.8 Å². The summed E-state index contributed by atoms with van der Waals surface area (Å²) in [6.45, 7) is -0.393. The number of rotatable bonds is 5. The minimum absolute atomic E-state index is 0.00891. The van der Waals surface area contributed by atoms with Crippen LogP contribution < -0.4 is 9.47 Å². The van der Waals surface area contributed by atoms with Crippen molar-refractivity contribution in [3.63, 3.8) is 0 Å². The van der Waals surface area contributed by atoms with Gasteiger partial charge in [0.25, 0.3) is 0 Å². The number of aromatic nitrogens is 2. The number of halogens is 4. The van der Waals surface area contributed by atoms with Gasteiger partial charge in [0, 0.05) is 6.08 Å². The summed E-state index contributed by atoms with van der Waals surface area (Å²) in [7, 11) is 0. The first-order valence-corrected chi connectivity index (χ1v) is 6.82. The molecule has 0 amide bonds. The molecule has 9 heteroatoms. The van der Waals surface area contributed by atoms with Crippen LogP contribution in [-0.4, -0.2) is 22.8 Å². The smallest absolute Gasteiger partial charge is 0.409 e. The third kappa shape index (κ3) is 5.14. The number of alkyl halides is 3. The largest absolute Gasteiger partial charge is 0.484 e. The van der Waals surface area contributed by atoms with Crippen LogP contribution in [0.25, 0.3) is 0 Å². The molecule has 0 saturated heterocycles. The Kier molecular flexibility index (Phi) is 5.60. The van der Waals surface area contributed by atoms with Crippen LogP contribution in [-0.2, 0) is 0 Å². The predicted molar refractivity (Wildman–Crippen MR) is 79.0 cm³/mol. The molecule has 2 aromatic rings. The van der Waals surface area contributed by atoms with E-state index in [-0.39, 0.29) is 29.1 Å². The lowest BCUT2D eigenvalue weighted by Gasteiger charge is -2.11. The van der Waals surface area contributed by atoms with E-state index in [2.05, 4.69) is 9.97 Å². The normalized spacial score (nSPS) is 11.3. The fourth-order valence-corrected chi connectivity index (χ4v) is 1.70. The molecular weight excluding hydrogens is 347 g/mol. The van der Waals surface area contributed by atoms with Gasteiger partial charge in [-0.1, -0.05) is 17.7 Å². The van der Waals surface area contributed by atoms with Crippen LogP contribution in [0.3, 0.4) is 0 Å². The summed E-state index contributed by atoms with van der Waals surface area (Å²) < 4.78 is 46.9. The summed E-state index contributed by atoms with van der Waals surface area (Å²) in [5, 5.41) is 9.41. The van der Waals surface area contributed by atoms with Crippen molar-refractivity contribution in [3.05, 3.63) is 53.3 Å². The maximum absolute atomic E-state index is 12.1. The Morgan fingerprint density at radius 3 is 2.58 bits per heavy atom. The van der Waals surface area contributed by atoms with Gasteiger partial charge in [-0.3, -0.25) is 0 Å². The number of nitrogens with zero attached hydrogens (tertiary/aromatic N) is 3. The van der Waals surface area contributed by atoms with E-state index in [9.17, 15) is 13.2 Å². The number of nitriles is 1. The molecule has 0 radical (unpaired) electrons. The maximum atomic E-state index is 12.1. The summed E-state index contributed by atoms with van der Waals surface area (Å²) in [5.41, 5.74) is 0.0990. The van der Waals surface area contributed by atoms with E-state index in [0.717, 1.165) is 6.08 Å². The number of hydrogen-bond acceptors (Lipinski definition) is 5. The van der Waals surface area contributed by atoms with Gasteiger partial charge in [-0.25, -0.2) is 9.97 Å². The van der Waals surface area contributed by atoms with Crippen molar-refractivity contribution in [2.75, 3.05) is 6.61 Å². The first-order valence-electron chi connectivity index (χ1n) is 6.45. The number of benzene rings is 1. The van der Waals surface area contributed by atoms with Crippen molar-refractivity contribution in [2.45, 2.75) is 6.18 Å². The van der Waals surface area contributed by atoms with Gasteiger partial charge in [-0.05, 0) is 18.2 Å². The van der Waals surface area contributed by atoms with Crippen molar-refractivity contribution in [1.29, 1.82) is 5.26 Å². The van der Waals surface area contributed by atoms with E-state index in [0.29, 0.717) is 5.02 Å². The lowest BCUT2D eigenvalue weighted by atomic mass is 10.2. The Labute approximate surface area is 139 Å². The van der Waals surface area contributed by atoms with Crippen LogP contribution in [0.5, 0.6) is 17.5 Å². The topological polar surface area (TPSA) is 68.0 Å². The summed E-state index contributed by atoms with van der Waals surface area (Å²) >= 11 is 5.67. The van der Waals surface area contributed by atoms with Gasteiger partial charge in [0.05, 0.1) is 23.0 Å². The molecule has 0 aliphatic carbocycles. The second-order valence-electron chi connectivity index (χ2n) is 4.29. The van der Waals surface area contributed by atoms with Gasteiger partial charge in [-0.2, -0.15) is 18.4 Å². The SMILES string of the molecule is N#Cc1cccc(Oc2ncc(Cl)cn2)c1OC/C=C/C(F)(F)F. The first kappa shape index (κ1) is 17.6. The van der Waals surface area contributed by atoms with Crippen molar-refractivity contribution in [2.24, 2.45) is 0 Å². The zero-order chi connectivity index (χ0) is 17.6. The number of allylic oxidation sites excluding steroid dienone is 1. The molecule has 124 valence electrons. The average molecular weight is 356 g/mol. The Morgan fingerprint density at radius 1 is 1.25 bits per heavy atom. The Bertz CT molecular complexity index is 771. The molecule has 0 unspecified atom stereocenters. The number of para-hydroxylation sites is 1. The van der Waals surface area contributed by atoms with Crippen molar-refractivity contribution in [3.8, 4) is 23.6 Å². The Morgan fingerprint density at radius 2 is 1.96 bits per heavy atom. The highest BCUT2D eigenvalue weighted by Gasteiger charge is 2.21. The summed E-state index contributed by atoms with van der Waals surface area (Å²) in [5.74, 6) is 0.0853. The molecule has 0 aliphatic rings. The van der Waals surface area contributed by atoms with E-state index in [1.807, 2.05) is 6.07 Å². The second kappa shape index (κ2) is 7.66. The fraction of sp³-hybridized carbons (Fsp3) is 0.133. The predicted octanol–water partition coefficient (Wildman–Crippen LogP) is 4.29. The standard InChI is InChI=1S/C15H9ClF3N3O2/c16-11-8-21-14(22-9-11)24-12-4-1-3-10(7-20)13(12)23-6-2-5-15(17,18)19/h1-5,8-9H,6H2/b5-2+. The van der Waals surface area contributed by atoms with Crippen LogP contribution in [0.1, 0.15) is 5.56 Å².